The molecule has 0 heterocycles. The van der Waals surface area contributed by atoms with Gasteiger partial charge < -0.3 is 10.0 Å². The molecule has 0 atom stereocenters. The minimum absolute atomic E-state index is 0.0617. The average Bonchev–Trinajstić information content (AvgIpc) is 2.73. The van der Waals surface area contributed by atoms with E-state index in [1.807, 2.05) is 0 Å². The molecule has 28 heavy (non-hydrogen) atoms. The number of aliphatic hydroxyl groups excluding tert-OH is 1. The van der Waals surface area contributed by atoms with Crippen molar-refractivity contribution in [1.82, 2.24) is 15.7 Å². The monoisotopic (exact) mass is 383 g/mol. The van der Waals surface area contributed by atoms with Gasteiger partial charge in [0.25, 0.3) is 11.8 Å². The molecular formula is C20H21N3O5. The predicted molar refractivity (Wildman–Crippen MR) is 102 cm³/mol. The summed E-state index contributed by atoms with van der Waals surface area (Å²) in [7, 11) is 0. The van der Waals surface area contributed by atoms with Crippen LogP contribution in [0.2, 0.25) is 0 Å². The first kappa shape index (κ1) is 20.8. The van der Waals surface area contributed by atoms with E-state index in [2.05, 4.69) is 5.32 Å². The quantitative estimate of drug-likeness (QED) is 0.329. The fraction of sp³-hybridized carbons (Fsp3) is 0.150. The van der Waals surface area contributed by atoms with Crippen LogP contribution in [0.5, 0.6) is 0 Å². The van der Waals surface area contributed by atoms with E-state index < -0.39 is 17.8 Å². The number of amides is 4. The lowest BCUT2D eigenvalue weighted by atomic mass is 10.1. The Kier molecular flexibility index (Phi) is 7.89. The lowest BCUT2D eigenvalue weighted by Crippen LogP contribution is -2.43. The van der Waals surface area contributed by atoms with Crippen molar-refractivity contribution in [3.63, 3.8) is 0 Å². The Balaban J connectivity index is 2.01. The number of hydrogen-bond acceptors (Lipinski definition) is 5. The molecule has 2 rings (SSSR count). The number of rotatable bonds is 7. The van der Waals surface area contributed by atoms with Crippen molar-refractivity contribution in [2.45, 2.75) is 6.54 Å². The van der Waals surface area contributed by atoms with Crippen LogP contribution in [0.3, 0.4) is 0 Å². The molecule has 0 aliphatic rings. The van der Waals surface area contributed by atoms with E-state index in [1.165, 1.54) is 22.5 Å². The number of aliphatic hydroxyl groups is 1. The number of nitrogens with one attached hydrogen (secondary N) is 2. The van der Waals surface area contributed by atoms with Crippen molar-refractivity contribution in [3.05, 3.63) is 77.4 Å². The van der Waals surface area contributed by atoms with Crippen LogP contribution in [0.25, 0.3) is 6.08 Å². The Morgan fingerprint density at radius 2 is 1.68 bits per heavy atom. The molecule has 0 saturated carbocycles. The Morgan fingerprint density at radius 3 is 2.29 bits per heavy atom. The lowest BCUT2D eigenvalue weighted by molar-refractivity contribution is -0.124. The molecular weight excluding hydrogens is 362 g/mol. The normalized spacial score (nSPS) is 10.5. The van der Waals surface area contributed by atoms with E-state index in [4.69, 9.17) is 5.21 Å². The van der Waals surface area contributed by atoms with Gasteiger partial charge in [-0.3, -0.25) is 20.1 Å². The molecule has 8 heteroatoms. The molecule has 8 nitrogen and oxygen atoms in total. The van der Waals surface area contributed by atoms with Crippen molar-refractivity contribution >= 4 is 23.9 Å². The maximum atomic E-state index is 12.4. The molecule has 2 aromatic rings. The van der Waals surface area contributed by atoms with Gasteiger partial charge >= 0.3 is 6.03 Å². The van der Waals surface area contributed by atoms with E-state index in [9.17, 15) is 19.5 Å². The number of urea groups is 1. The molecule has 0 saturated heterocycles. The highest BCUT2D eigenvalue weighted by Gasteiger charge is 2.17. The van der Waals surface area contributed by atoms with Crippen molar-refractivity contribution in [3.8, 4) is 0 Å². The average molecular weight is 383 g/mol. The Labute approximate surface area is 162 Å². The van der Waals surface area contributed by atoms with E-state index in [0.717, 1.165) is 11.1 Å². The number of nitrogens with zero attached hydrogens (tertiary/aromatic N) is 1. The summed E-state index contributed by atoms with van der Waals surface area (Å²) in [5.41, 5.74) is 3.37. The van der Waals surface area contributed by atoms with Crippen LogP contribution in [-0.2, 0) is 11.3 Å². The van der Waals surface area contributed by atoms with Crippen LogP contribution in [0, 0.1) is 0 Å². The second-order valence-electron chi connectivity index (χ2n) is 5.82. The standard InChI is InChI=1S/C20H21N3O5/c24-13-12-23(20(27)21-19(26)17-4-2-1-3-5-17)14-16-8-6-15(7-9-16)10-11-18(25)22-28/h1-11,24,28H,12-14H2,(H,22,25)(H,21,26,27)/b11-10+. The summed E-state index contributed by atoms with van der Waals surface area (Å²) < 4.78 is 0. The molecule has 0 radical (unpaired) electrons. The molecule has 0 aliphatic heterocycles. The summed E-state index contributed by atoms with van der Waals surface area (Å²) in [5.74, 6) is -1.16. The van der Waals surface area contributed by atoms with Crippen LogP contribution < -0.4 is 10.8 Å². The van der Waals surface area contributed by atoms with Crippen LogP contribution in [0.15, 0.2) is 60.7 Å². The molecule has 146 valence electrons. The molecule has 0 spiro atoms. The van der Waals surface area contributed by atoms with Gasteiger partial charge in [0.05, 0.1) is 6.61 Å². The zero-order valence-corrected chi connectivity index (χ0v) is 15.0. The lowest BCUT2D eigenvalue weighted by Gasteiger charge is -2.22. The third kappa shape index (κ3) is 6.35. The number of imide groups is 1. The zero-order chi connectivity index (χ0) is 20.4. The first-order valence-electron chi connectivity index (χ1n) is 8.50. The van der Waals surface area contributed by atoms with E-state index in [1.54, 1.807) is 54.6 Å². The smallest absolute Gasteiger partial charge is 0.324 e. The second kappa shape index (κ2) is 10.6. The Morgan fingerprint density at radius 1 is 1.00 bits per heavy atom. The van der Waals surface area contributed by atoms with Crippen LogP contribution in [0.1, 0.15) is 21.5 Å². The van der Waals surface area contributed by atoms with Crippen molar-refractivity contribution in [2.75, 3.05) is 13.2 Å². The summed E-state index contributed by atoms with van der Waals surface area (Å²) in [6, 6.07) is 14.8. The SMILES string of the molecule is O=C(/C=C/c1ccc(CN(CCO)C(=O)NC(=O)c2ccccc2)cc1)NO. The fourth-order valence-corrected chi connectivity index (χ4v) is 2.37. The van der Waals surface area contributed by atoms with E-state index >= 15 is 0 Å². The summed E-state index contributed by atoms with van der Waals surface area (Å²) in [4.78, 5) is 36.8. The summed E-state index contributed by atoms with van der Waals surface area (Å²) in [6.07, 6.45) is 2.70. The molecule has 2 aromatic carbocycles. The van der Waals surface area contributed by atoms with Gasteiger partial charge in [-0.25, -0.2) is 10.3 Å². The second-order valence-corrected chi connectivity index (χ2v) is 5.82. The molecule has 0 fully saturated rings. The first-order chi connectivity index (χ1) is 13.5. The van der Waals surface area contributed by atoms with Gasteiger partial charge in [0, 0.05) is 24.7 Å². The highest BCUT2D eigenvalue weighted by atomic mass is 16.5. The molecule has 0 aliphatic carbocycles. The molecule has 0 aromatic heterocycles. The molecule has 0 bridgehead atoms. The minimum Gasteiger partial charge on any atom is -0.395 e. The van der Waals surface area contributed by atoms with Crippen LogP contribution in [-0.4, -0.2) is 46.2 Å². The van der Waals surface area contributed by atoms with Crippen LogP contribution in [0.4, 0.5) is 4.79 Å². The zero-order valence-electron chi connectivity index (χ0n) is 15.0. The number of benzene rings is 2. The van der Waals surface area contributed by atoms with Crippen molar-refractivity contribution in [1.29, 1.82) is 0 Å². The largest absolute Gasteiger partial charge is 0.395 e. The number of carbonyl (C=O) groups is 3. The van der Waals surface area contributed by atoms with Gasteiger partial charge in [-0.2, -0.15) is 0 Å². The van der Waals surface area contributed by atoms with Gasteiger partial charge in [-0.1, -0.05) is 42.5 Å². The van der Waals surface area contributed by atoms with Crippen molar-refractivity contribution in [2.24, 2.45) is 0 Å². The predicted octanol–water partition coefficient (Wildman–Crippen LogP) is 1.55. The summed E-state index contributed by atoms with van der Waals surface area (Å²) in [6.45, 7) is 0.00581. The molecule has 0 unspecified atom stereocenters. The third-order valence-electron chi connectivity index (χ3n) is 3.80. The van der Waals surface area contributed by atoms with Gasteiger partial charge in [0.2, 0.25) is 0 Å². The Bertz CT molecular complexity index is 835. The summed E-state index contributed by atoms with van der Waals surface area (Å²) in [5, 5.41) is 20.0. The molecule has 4 amide bonds. The van der Waals surface area contributed by atoms with Gasteiger partial charge in [-0.15, -0.1) is 0 Å². The summed E-state index contributed by atoms with van der Waals surface area (Å²) >= 11 is 0. The van der Waals surface area contributed by atoms with E-state index in [0.29, 0.717) is 5.56 Å². The Hall–Kier alpha value is -3.49. The fourth-order valence-electron chi connectivity index (χ4n) is 2.37. The van der Waals surface area contributed by atoms with Crippen molar-refractivity contribution < 1.29 is 24.7 Å². The maximum absolute atomic E-state index is 12.4. The number of carbonyl (C=O) groups excluding carboxylic acids is 3. The molecule has 4 N–H and O–H groups in total. The first-order valence-corrected chi connectivity index (χ1v) is 8.50. The highest BCUT2D eigenvalue weighted by molar-refractivity contribution is 6.04. The van der Waals surface area contributed by atoms with Gasteiger partial charge in [0.1, 0.15) is 0 Å². The van der Waals surface area contributed by atoms with Crippen LogP contribution >= 0.6 is 0 Å². The van der Waals surface area contributed by atoms with E-state index in [-0.39, 0.29) is 19.7 Å². The number of hydroxylamine groups is 1. The minimum atomic E-state index is -0.641. The third-order valence-corrected chi connectivity index (χ3v) is 3.80. The highest BCUT2D eigenvalue weighted by Crippen LogP contribution is 2.10. The number of hydrogen-bond donors (Lipinski definition) is 4. The van der Waals surface area contributed by atoms with Gasteiger partial charge in [0.15, 0.2) is 0 Å². The topological polar surface area (TPSA) is 119 Å². The maximum Gasteiger partial charge on any atom is 0.324 e. The van der Waals surface area contributed by atoms with Gasteiger partial charge in [-0.05, 0) is 29.3 Å².